The highest BCUT2D eigenvalue weighted by Gasteiger charge is 2.08. The fraction of sp³-hybridized carbons (Fsp3) is 0.294. The molecule has 0 aromatic carbocycles. The number of carbonyl (C=O) groups excluding carboxylic acids is 2. The first-order valence-electron chi connectivity index (χ1n) is 7.69. The number of nitrogens with zero attached hydrogens (tertiary/aromatic N) is 2. The lowest BCUT2D eigenvalue weighted by atomic mass is 10.2. The van der Waals surface area contributed by atoms with Gasteiger partial charge in [-0.3, -0.25) is 9.59 Å². The molecule has 2 amide bonds. The molecule has 7 heteroatoms. The average molecular weight is 344 g/mol. The van der Waals surface area contributed by atoms with Crippen molar-refractivity contribution in [1.29, 1.82) is 0 Å². The minimum absolute atomic E-state index is 0.179. The van der Waals surface area contributed by atoms with E-state index >= 15 is 0 Å². The topological polar surface area (TPSA) is 84.0 Å². The maximum absolute atomic E-state index is 12.0. The van der Waals surface area contributed by atoms with Gasteiger partial charge in [0.05, 0.1) is 10.6 Å². The van der Waals surface area contributed by atoms with E-state index in [0.29, 0.717) is 11.4 Å². The number of nitrogens with one attached hydrogen (secondary N) is 2. The van der Waals surface area contributed by atoms with E-state index < -0.39 is 0 Å². The molecule has 2 aromatic heterocycles. The Balaban J connectivity index is 1.76. The Kier molecular flexibility index (Phi) is 6.74. The summed E-state index contributed by atoms with van der Waals surface area (Å²) < 4.78 is 0. The Hall–Kier alpha value is -2.41. The summed E-state index contributed by atoms with van der Waals surface area (Å²) in [6, 6.07) is 8.96. The third-order valence-electron chi connectivity index (χ3n) is 3.08. The van der Waals surface area contributed by atoms with E-state index in [1.165, 1.54) is 0 Å². The number of rotatable bonds is 7. The number of hydrogen-bond donors (Lipinski definition) is 2. The van der Waals surface area contributed by atoms with Crippen LogP contribution in [0.4, 0.5) is 5.82 Å². The maximum atomic E-state index is 12.0. The summed E-state index contributed by atoms with van der Waals surface area (Å²) in [6.07, 6.45) is 1.72. The van der Waals surface area contributed by atoms with Crippen LogP contribution in [0.1, 0.15) is 29.4 Å². The highest BCUT2D eigenvalue weighted by atomic mass is 32.2. The molecule has 0 aliphatic heterocycles. The molecule has 24 heavy (non-hydrogen) atoms. The van der Waals surface area contributed by atoms with Gasteiger partial charge >= 0.3 is 0 Å². The summed E-state index contributed by atoms with van der Waals surface area (Å²) in [6.45, 7) is 4.15. The van der Waals surface area contributed by atoms with Gasteiger partial charge in [-0.2, -0.15) is 0 Å². The lowest BCUT2D eigenvalue weighted by Crippen LogP contribution is -2.27. The zero-order valence-electron chi connectivity index (χ0n) is 13.7. The van der Waals surface area contributed by atoms with Crippen LogP contribution in [0, 0.1) is 6.92 Å². The van der Waals surface area contributed by atoms with Gasteiger partial charge in [0.2, 0.25) is 5.91 Å². The Morgan fingerprint density at radius 3 is 2.71 bits per heavy atom. The third kappa shape index (κ3) is 5.66. The Morgan fingerprint density at radius 1 is 1.21 bits per heavy atom. The SMILES string of the molecule is CCSc1ccc(C(=O)NCCC(=O)Nc2cccc(C)n2)cn1. The molecule has 0 aliphatic carbocycles. The highest BCUT2D eigenvalue weighted by molar-refractivity contribution is 7.99. The van der Waals surface area contributed by atoms with Crippen molar-refractivity contribution in [2.75, 3.05) is 17.6 Å². The van der Waals surface area contributed by atoms with E-state index in [0.717, 1.165) is 16.5 Å². The van der Waals surface area contributed by atoms with E-state index in [2.05, 4.69) is 20.6 Å². The number of anilines is 1. The van der Waals surface area contributed by atoms with Gasteiger partial charge in [-0.25, -0.2) is 9.97 Å². The Labute approximate surface area is 145 Å². The summed E-state index contributed by atoms with van der Waals surface area (Å²) in [5.41, 5.74) is 1.31. The normalized spacial score (nSPS) is 10.2. The summed E-state index contributed by atoms with van der Waals surface area (Å²) in [7, 11) is 0. The standard InChI is InChI=1S/C17H20N4O2S/c1-3-24-16-8-7-13(11-19-16)17(23)18-10-9-15(22)21-14-6-4-5-12(2)20-14/h4-8,11H,3,9-10H2,1-2H3,(H,18,23)(H,20,21,22). The zero-order chi connectivity index (χ0) is 17.4. The molecule has 2 aromatic rings. The number of carbonyl (C=O) groups is 2. The molecular weight excluding hydrogens is 324 g/mol. The van der Waals surface area contributed by atoms with E-state index in [4.69, 9.17) is 0 Å². The van der Waals surface area contributed by atoms with Crippen LogP contribution in [-0.4, -0.2) is 34.1 Å². The summed E-state index contributed by atoms with van der Waals surface area (Å²) in [4.78, 5) is 32.2. The van der Waals surface area contributed by atoms with Gasteiger partial charge in [0.1, 0.15) is 5.82 Å². The number of thioether (sulfide) groups is 1. The van der Waals surface area contributed by atoms with Gasteiger partial charge in [-0.05, 0) is 36.9 Å². The van der Waals surface area contributed by atoms with Crippen molar-refractivity contribution < 1.29 is 9.59 Å². The van der Waals surface area contributed by atoms with Gasteiger partial charge in [0.25, 0.3) is 5.91 Å². The minimum atomic E-state index is -0.239. The minimum Gasteiger partial charge on any atom is -0.351 e. The van der Waals surface area contributed by atoms with Gasteiger partial charge in [-0.1, -0.05) is 13.0 Å². The first kappa shape index (κ1) is 17.9. The lowest BCUT2D eigenvalue weighted by Gasteiger charge is -2.07. The van der Waals surface area contributed by atoms with Gasteiger partial charge in [0.15, 0.2) is 0 Å². The van der Waals surface area contributed by atoms with Crippen LogP contribution in [-0.2, 0) is 4.79 Å². The quantitative estimate of drug-likeness (QED) is 0.755. The van der Waals surface area contributed by atoms with Crippen molar-refractivity contribution in [2.45, 2.75) is 25.3 Å². The molecule has 6 nitrogen and oxygen atoms in total. The van der Waals surface area contributed by atoms with Gasteiger partial charge < -0.3 is 10.6 Å². The second-order valence-corrected chi connectivity index (χ2v) is 6.32. The number of amides is 2. The maximum Gasteiger partial charge on any atom is 0.252 e. The second kappa shape index (κ2) is 9.02. The van der Waals surface area contributed by atoms with Crippen LogP contribution in [0.3, 0.4) is 0 Å². The molecule has 0 aliphatic rings. The number of hydrogen-bond acceptors (Lipinski definition) is 5. The van der Waals surface area contributed by atoms with E-state index in [1.54, 1.807) is 30.1 Å². The van der Waals surface area contributed by atoms with Crippen molar-refractivity contribution in [3.63, 3.8) is 0 Å². The molecule has 0 radical (unpaired) electrons. The van der Waals surface area contributed by atoms with Crippen molar-refractivity contribution in [3.8, 4) is 0 Å². The molecule has 0 unspecified atom stereocenters. The van der Waals surface area contributed by atoms with Crippen LogP contribution in [0.2, 0.25) is 0 Å². The molecular formula is C17H20N4O2S. The fourth-order valence-electron chi connectivity index (χ4n) is 1.96. The zero-order valence-corrected chi connectivity index (χ0v) is 14.5. The van der Waals surface area contributed by atoms with E-state index in [9.17, 15) is 9.59 Å². The highest BCUT2D eigenvalue weighted by Crippen LogP contribution is 2.14. The summed E-state index contributed by atoms with van der Waals surface area (Å²) >= 11 is 1.62. The number of aromatic nitrogens is 2. The van der Waals surface area contributed by atoms with Crippen molar-refractivity contribution in [2.24, 2.45) is 0 Å². The van der Waals surface area contributed by atoms with Crippen LogP contribution in [0.15, 0.2) is 41.6 Å². The van der Waals surface area contributed by atoms with Gasteiger partial charge in [-0.15, -0.1) is 11.8 Å². The largest absolute Gasteiger partial charge is 0.351 e. The lowest BCUT2D eigenvalue weighted by molar-refractivity contribution is -0.116. The molecule has 0 fully saturated rings. The van der Waals surface area contributed by atoms with Crippen LogP contribution >= 0.6 is 11.8 Å². The van der Waals surface area contributed by atoms with Crippen LogP contribution < -0.4 is 10.6 Å². The van der Waals surface area contributed by atoms with Crippen molar-refractivity contribution in [1.82, 2.24) is 15.3 Å². The smallest absolute Gasteiger partial charge is 0.252 e. The molecule has 0 atom stereocenters. The molecule has 2 N–H and O–H groups in total. The molecule has 0 saturated heterocycles. The predicted octanol–water partition coefficient (Wildman–Crippen LogP) is 2.66. The molecule has 126 valence electrons. The van der Waals surface area contributed by atoms with E-state index in [-0.39, 0.29) is 24.8 Å². The Bertz CT molecular complexity index is 704. The molecule has 2 heterocycles. The molecule has 2 rings (SSSR count). The molecule has 0 spiro atoms. The van der Waals surface area contributed by atoms with Crippen molar-refractivity contribution in [3.05, 3.63) is 47.8 Å². The molecule has 0 bridgehead atoms. The second-order valence-electron chi connectivity index (χ2n) is 5.04. The first-order chi connectivity index (χ1) is 11.6. The van der Waals surface area contributed by atoms with Crippen LogP contribution in [0.5, 0.6) is 0 Å². The summed E-state index contributed by atoms with van der Waals surface area (Å²) in [5.74, 6) is 1.02. The Morgan fingerprint density at radius 2 is 2.04 bits per heavy atom. The summed E-state index contributed by atoms with van der Waals surface area (Å²) in [5, 5.41) is 6.30. The fourth-order valence-corrected chi connectivity index (χ4v) is 2.54. The molecule has 0 saturated carbocycles. The first-order valence-corrected chi connectivity index (χ1v) is 8.67. The third-order valence-corrected chi connectivity index (χ3v) is 3.91. The van der Waals surface area contributed by atoms with E-state index in [1.807, 2.05) is 32.0 Å². The average Bonchev–Trinajstić information content (AvgIpc) is 2.55. The number of pyridine rings is 2. The number of aryl methyl sites for hydroxylation is 1. The predicted molar refractivity (Wildman–Crippen MR) is 95.2 cm³/mol. The van der Waals surface area contributed by atoms with Crippen molar-refractivity contribution >= 4 is 29.4 Å². The monoisotopic (exact) mass is 344 g/mol. The van der Waals surface area contributed by atoms with Gasteiger partial charge in [0, 0.05) is 24.9 Å². The van der Waals surface area contributed by atoms with Crippen LogP contribution in [0.25, 0.3) is 0 Å².